The van der Waals surface area contributed by atoms with Crippen molar-refractivity contribution in [2.24, 2.45) is 5.73 Å². The number of hydrogen-bond donors (Lipinski definition) is 3. The molecule has 0 spiro atoms. The molecule has 0 saturated carbocycles. The van der Waals surface area contributed by atoms with Crippen LogP contribution in [0.2, 0.25) is 0 Å². The van der Waals surface area contributed by atoms with Crippen molar-refractivity contribution in [1.29, 1.82) is 0 Å². The van der Waals surface area contributed by atoms with Crippen molar-refractivity contribution in [2.75, 3.05) is 6.61 Å². The average molecular weight is 402 g/mol. The van der Waals surface area contributed by atoms with Crippen molar-refractivity contribution in [3.8, 4) is 5.88 Å². The highest BCUT2D eigenvalue weighted by atomic mass is 19.1. The van der Waals surface area contributed by atoms with Crippen molar-refractivity contribution in [2.45, 2.75) is 26.2 Å². The van der Waals surface area contributed by atoms with Crippen LogP contribution in [0.4, 0.5) is 4.39 Å². The van der Waals surface area contributed by atoms with Gasteiger partial charge in [-0.25, -0.2) is 14.4 Å². The van der Waals surface area contributed by atoms with Crippen LogP contribution in [-0.2, 0) is 17.8 Å². The topological polar surface area (TPSA) is 141 Å². The number of nitrogens with two attached hydrogens (primary N) is 1. The molecule has 29 heavy (non-hydrogen) atoms. The number of aliphatic hydroxyl groups excluding tert-OH is 1. The van der Waals surface area contributed by atoms with E-state index < -0.39 is 30.4 Å². The largest absolute Gasteiger partial charge is 0.472 e. The number of fused-ring (bicyclic) bond motifs is 1. The van der Waals surface area contributed by atoms with Crippen LogP contribution in [0.5, 0.6) is 5.88 Å². The maximum absolute atomic E-state index is 13.6. The Morgan fingerprint density at radius 1 is 1.31 bits per heavy atom. The van der Waals surface area contributed by atoms with Gasteiger partial charge >= 0.3 is 0 Å². The lowest BCUT2D eigenvalue weighted by Gasteiger charge is -2.10. The summed E-state index contributed by atoms with van der Waals surface area (Å²) < 4.78 is 20.6. The molecule has 0 atom stereocenters. The van der Waals surface area contributed by atoms with Crippen LogP contribution in [0, 0.1) is 5.82 Å². The molecule has 3 rings (SSSR count). The molecule has 9 nitrogen and oxygen atoms in total. The molecule has 0 bridgehead atoms. The van der Waals surface area contributed by atoms with Gasteiger partial charge in [-0.2, -0.15) is 0 Å². The molecule has 4 N–H and O–H groups in total. The van der Waals surface area contributed by atoms with Crippen molar-refractivity contribution in [3.63, 3.8) is 0 Å². The van der Waals surface area contributed by atoms with Gasteiger partial charge in [0, 0.05) is 12.2 Å². The van der Waals surface area contributed by atoms with Crippen molar-refractivity contribution >= 4 is 22.7 Å². The Hall–Kier alpha value is -3.37. The molecule has 1 aromatic carbocycles. The third-order valence-corrected chi connectivity index (χ3v) is 4.30. The van der Waals surface area contributed by atoms with Gasteiger partial charge in [-0.3, -0.25) is 9.59 Å². The van der Waals surface area contributed by atoms with Crippen LogP contribution >= 0.6 is 0 Å². The predicted octanol–water partition coefficient (Wildman–Crippen LogP) is 0.539. The fourth-order valence-electron chi connectivity index (χ4n) is 3.18. The van der Waals surface area contributed by atoms with Gasteiger partial charge in [0.15, 0.2) is 6.29 Å². The first-order chi connectivity index (χ1) is 13.8. The number of ether oxygens (including phenoxy) is 1. The van der Waals surface area contributed by atoms with E-state index in [1.807, 2.05) is 0 Å². The molecule has 3 aromatic rings. The molecule has 0 fully saturated rings. The summed E-state index contributed by atoms with van der Waals surface area (Å²) in [6.45, 7) is 1.44. The molecule has 0 aliphatic carbocycles. The van der Waals surface area contributed by atoms with Crippen LogP contribution < -0.4 is 10.5 Å². The molecule has 0 saturated heterocycles. The molecule has 10 heteroatoms. The number of halogens is 1. The quantitative estimate of drug-likeness (QED) is 0.284. The molecule has 0 aliphatic rings. The average Bonchev–Trinajstić information content (AvgIpc) is 2.99. The van der Waals surface area contributed by atoms with Gasteiger partial charge in [-0.05, 0) is 24.1 Å². The van der Waals surface area contributed by atoms with Crippen molar-refractivity contribution in [3.05, 3.63) is 53.2 Å². The third-order valence-electron chi connectivity index (χ3n) is 4.30. The van der Waals surface area contributed by atoms with Gasteiger partial charge in [-0.15, -0.1) is 0 Å². The SMILES string of the molecule is CCc1c(C(=O)C(N)=O)c2c(OCC(O)O)ncnc2n1Cc1cccc(F)c1. The summed E-state index contributed by atoms with van der Waals surface area (Å²) >= 11 is 0. The van der Waals surface area contributed by atoms with E-state index in [0.717, 1.165) is 0 Å². The Bertz CT molecular complexity index is 1080. The van der Waals surface area contributed by atoms with E-state index in [4.69, 9.17) is 20.7 Å². The fourth-order valence-corrected chi connectivity index (χ4v) is 3.18. The summed E-state index contributed by atoms with van der Waals surface area (Å²) in [5.41, 5.74) is 6.54. The van der Waals surface area contributed by atoms with Crippen LogP contribution in [-0.4, -0.2) is 49.3 Å². The molecular formula is C19H19FN4O5. The highest BCUT2D eigenvalue weighted by Crippen LogP contribution is 2.32. The molecule has 2 heterocycles. The van der Waals surface area contributed by atoms with Crippen LogP contribution in [0.25, 0.3) is 11.0 Å². The second kappa shape index (κ2) is 8.33. The zero-order chi connectivity index (χ0) is 21.1. The van der Waals surface area contributed by atoms with Gasteiger partial charge in [0.2, 0.25) is 5.88 Å². The first-order valence-corrected chi connectivity index (χ1v) is 8.77. The number of amides is 1. The van der Waals surface area contributed by atoms with E-state index in [-0.39, 0.29) is 29.0 Å². The number of aromatic nitrogens is 3. The van der Waals surface area contributed by atoms with Gasteiger partial charge in [-0.1, -0.05) is 19.1 Å². The lowest BCUT2D eigenvalue weighted by Crippen LogP contribution is -2.24. The number of primary amides is 1. The highest BCUT2D eigenvalue weighted by Gasteiger charge is 2.29. The molecule has 1 amide bonds. The number of hydrogen-bond acceptors (Lipinski definition) is 7. The van der Waals surface area contributed by atoms with Crippen molar-refractivity contribution in [1.82, 2.24) is 14.5 Å². The summed E-state index contributed by atoms with van der Waals surface area (Å²) in [5.74, 6) is -2.63. The lowest BCUT2D eigenvalue weighted by molar-refractivity contribution is -0.114. The van der Waals surface area contributed by atoms with E-state index in [1.165, 1.54) is 18.5 Å². The predicted molar refractivity (Wildman–Crippen MR) is 99.7 cm³/mol. The van der Waals surface area contributed by atoms with Crippen LogP contribution in [0.3, 0.4) is 0 Å². The summed E-state index contributed by atoms with van der Waals surface area (Å²) in [6, 6.07) is 5.93. The number of carbonyl (C=O) groups is 2. The Balaban J connectivity index is 2.26. The number of aliphatic hydroxyl groups is 2. The lowest BCUT2D eigenvalue weighted by atomic mass is 10.1. The van der Waals surface area contributed by atoms with Gasteiger partial charge in [0.25, 0.3) is 11.7 Å². The highest BCUT2D eigenvalue weighted by molar-refractivity contribution is 6.45. The van der Waals surface area contributed by atoms with E-state index in [0.29, 0.717) is 17.7 Å². The van der Waals surface area contributed by atoms with E-state index in [1.54, 1.807) is 23.6 Å². The van der Waals surface area contributed by atoms with E-state index in [2.05, 4.69) is 9.97 Å². The maximum Gasteiger partial charge on any atom is 0.289 e. The third kappa shape index (κ3) is 4.08. The monoisotopic (exact) mass is 402 g/mol. The first kappa shape index (κ1) is 20.4. The summed E-state index contributed by atoms with van der Waals surface area (Å²) in [6.07, 6.45) is -0.251. The minimum Gasteiger partial charge on any atom is -0.472 e. The molecular weight excluding hydrogens is 383 g/mol. The van der Waals surface area contributed by atoms with E-state index in [9.17, 15) is 14.0 Å². The Kier molecular flexibility index (Phi) is 5.85. The molecule has 2 aromatic heterocycles. The van der Waals surface area contributed by atoms with Crippen LogP contribution in [0.1, 0.15) is 28.5 Å². The fraction of sp³-hybridized carbons (Fsp3) is 0.263. The second-order valence-corrected chi connectivity index (χ2v) is 6.25. The van der Waals surface area contributed by atoms with Gasteiger partial charge < -0.3 is 25.3 Å². The van der Waals surface area contributed by atoms with Crippen molar-refractivity contribution < 1.29 is 28.9 Å². The normalized spacial score (nSPS) is 11.2. The maximum atomic E-state index is 13.6. The number of carbonyl (C=O) groups excluding carboxylic acids is 2. The number of Topliss-reactive ketones (excluding diaryl/α,β-unsaturated/α-hetero) is 1. The number of ketones is 1. The molecule has 0 radical (unpaired) electrons. The Morgan fingerprint density at radius 2 is 2.07 bits per heavy atom. The number of rotatable bonds is 8. The van der Waals surface area contributed by atoms with E-state index >= 15 is 0 Å². The zero-order valence-corrected chi connectivity index (χ0v) is 15.5. The minimum atomic E-state index is -1.77. The standard InChI is InChI=1S/C19H19FN4O5/c1-2-12-14(16(27)17(21)28)15-18(22-9-23-19(15)29-8-13(25)26)24(12)7-10-4-3-5-11(20)6-10/h3-6,9,13,25-26H,2,7-8H2,1H3,(H2,21,28). The molecule has 0 unspecified atom stereocenters. The zero-order valence-electron chi connectivity index (χ0n) is 15.5. The van der Waals surface area contributed by atoms with Gasteiger partial charge in [0.1, 0.15) is 24.4 Å². The summed E-state index contributed by atoms with van der Waals surface area (Å²) in [5, 5.41) is 18.3. The summed E-state index contributed by atoms with van der Waals surface area (Å²) in [4.78, 5) is 32.4. The smallest absolute Gasteiger partial charge is 0.289 e. The minimum absolute atomic E-state index is 0.0190. The number of nitrogens with zero attached hydrogens (tertiary/aromatic N) is 3. The van der Waals surface area contributed by atoms with Gasteiger partial charge in [0.05, 0.1) is 10.9 Å². The second-order valence-electron chi connectivity index (χ2n) is 6.25. The molecule has 0 aliphatic heterocycles. The number of benzene rings is 1. The first-order valence-electron chi connectivity index (χ1n) is 8.77. The van der Waals surface area contributed by atoms with Crippen LogP contribution in [0.15, 0.2) is 30.6 Å². The summed E-state index contributed by atoms with van der Waals surface area (Å²) in [7, 11) is 0. The molecule has 152 valence electrons. The Morgan fingerprint density at radius 3 is 2.69 bits per heavy atom. The Labute approximate surface area is 164 Å².